The van der Waals surface area contributed by atoms with Crippen molar-refractivity contribution >= 4 is 33.5 Å². The van der Waals surface area contributed by atoms with Crippen molar-refractivity contribution in [2.45, 2.75) is 24.3 Å². The molecule has 0 aliphatic heterocycles. The molecule has 0 spiro atoms. The first kappa shape index (κ1) is 18.0. The molecule has 0 heterocycles. The Morgan fingerprint density at radius 1 is 1.26 bits per heavy atom. The number of hydrogen-bond acceptors (Lipinski definition) is 4. The van der Waals surface area contributed by atoms with Gasteiger partial charge in [0.2, 0.25) is 0 Å². The van der Waals surface area contributed by atoms with E-state index < -0.39 is 0 Å². The summed E-state index contributed by atoms with van der Waals surface area (Å²) in [5, 5.41) is 0. The molecular formula is C18H20BrNO2S. The molecule has 2 aromatic rings. The van der Waals surface area contributed by atoms with Crippen molar-refractivity contribution in [1.29, 1.82) is 0 Å². The van der Waals surface area contributed by atoms with Gasteiger partial charge in [-0.3, -0.25) is 4.79 Å². The predicted molar refractivity (Wildman–Crippen MR) is 99.6 cm³/mol. The van der Waals surface area contributed by atoms with Gasteiger partial charge in [0.25, 0.3) is 0 Å². The number of hydrogen-bond donors (Lipinski definition) is 1. The lowest BCUT2D eigenvalue weighted by molar-refractivity contribution is 0.103. The molecule has 2 aromatic carbocycles. The minimum atomic E-state index is -0.315. The van der Waals surface area contributed by atoms with E-state index in [9.17, 15) is 4.79 Å². The van der Waals surface area contributed by atoms with E-state index in [1.54, 1.807) is 24.9 Å². The Morgan fingerprint density at radius 3 is 2.48 bits per heavy atom. The fourth-order valence-corrected chi connectivity index (χ4v) is 3.69. The Labute approximate surface area is 149 Å². The minimum absolute atomic E-state index is 0.0197. The normalized spacial score (nSPS) is 11.3. The number of rotatable bonds is 6. The lowest BCUT2D eigenvalue weighted by Gasteiger charge is -2.19. The molecule has 0 saturated carbocycles. The van der Waals surface area contributed by atoms with E-state index >= 15 is 0 Å². The number of carbonyl (C=O) groups excluding carboxylic acids is 1. The highest BCUT2D eigenvalue weighted by Crippen LogP contribution is 2.35. The maximum absolute atomic E-state index is 12.9. The van der Waals surface area contributed by atoms with Crippen LogP contribution in [0.15, 0.2) is 51.8 Å². The highest BCUT2D eigenvalue weighted by atomic mass is 79.9. The SMILES string of the molecule is COc1cc(C(=O)c2ccccc2)c(SCC(C)(C)N)cc1Br. The zero-order valence-corrected chi connectivity index (χ0v) is 15.8. The molecule has 0 amide bonds. The molecule has 122 valence electrons. The van der Waals surface area contributed by atoms with Gasteiger partial charge in [-0.2, -0.15) is 0 Å². The third-order valence-corrected chi connectivity index (χ3v) is 5.29. The van der Waals surface area contributed by atoms with Crippen LogP contribution in [0.4, 0.5) is 0 Å². The number of ether oxygens (including phenoxy) is 1. The van der Waals surface area contributed by atoms with Gasteiger partial charge in [-0.05, 0) is 41.9 Å². The Balaban J connectivity index is 2.44. The van der Waals surface area contributed by atoms with Crippen LogP contribution in [0.2, 0.25) is 0 Å². The van der Waals surface area contributed by atoms with Crippen LogP contribution < -0.4 is 10.5 Å². The molecule has 0 atom stereocenters. The van der Waals surface area contributed by atoms with Crippen molar-refractivity contribution in [3.8, 4) is 5.75 Å². The molecule has 0 aliphatic carbocycles. The Bertz CT molecular complexity index is 696. The van der Waals surface area contributed by atoms with Crippen molar-refractivity contribution in [2.75, 3.05) is 12.9 Å². The second-order valence-corrected chi connectivity index (χ2v) is 7.83. The molecule has 0 aromatic heterocycles. The fourth-order valence-electron chi connectivity index (χ4n) is 2.00. The first-order chi connectivity index (χ1) is 10.8. The molecule has 23 heavy (non-hydrogen) atoms. The van der Waals surface area contributed by atoms with Crippen LogP contribution in [0.5, 0.6) is 5.75 Å². The molecule has 5 heteroatoms. The number of halogens is 1. The Kier molecular flexibility index (Phi) is 5.89. The molecular weight excluding hydrogens is 374 g/mol. The maximum Gasteiger partial charge on any atom is 0.194 e. The average Bonchev–Trinajstić information content (AvgIpc) is 2.52. The molecule has 2 rings (SSSR count). The van der Waals surface area contributed by atoms with E-state index in [2.05, 4.69) is 15.9 Å². The van der Waals surface area contributed by atoms with Gasteiger partial charge in [0.05, 0.1) is 11.6 Å². The summed E-state index contributed by atoms with van der Waals surface area (Å²) in [4.78, 5) is 13.7. The van der Waals surface area contributed by atoms with Gasteiger partial charge in [0.15, 0.2) is 5.78 Å². The van der Waals surface area contributed by atoms with Crippen LogP contribution in [0.1, 0.15) is 29.8 Å². The molecule has 0 saturated heterocycles. The lowest BCUT2D eigenvalue weighted by Crippen LogP contribution is -2.34. The first-order valence-corrected chi connectivity index (χ1v) is 8.98. The average molecular weight is 394 g/mol. The second-order valence-electron chi connectivity index (χ2n) is 5.96. The quantitative estimate of drug-likeness (QED) is 0.578. The van der Waals surface area contributed by atoms with Crippen molar-refractivity contribution < 1.29 is 9.53 Å². The highest BCUT2D eigenvalue weighted by molar-refractivity contribution is 9.10. The van der Waals surface area contributed by atoms with E-state index in [1.807, 2.05) is 50.2 Å². The van der Waals surface area contributed by atoms with E-state index in [0.29, 0.717) is 22.6 Å². The van der Waals surface area contributed by atoms with Crippen LogP contribution in [0.25, 0.3) is 0 Å². The molecule has 3 nitrogen and oxygen atoms in total. The fraction of sp³-hybridized carbons (Fsp3) is 0.278. The first-order valence-electron chi connectivity index (χ1n) is 7.21. The van der Waals surface area contributed by atoms with Crippen LogP contribution in [-0.4, -0.2) is 24.2 Å². The Morgan fingerprint density at radius 2 is 1.91 bits per heavy atom. The van der Waals surface area contributed by atoms with Gasteiger partial charge in [-0.1, -0.05) is 30.3 Å². The summed E-state index contributed by atoms with van der Waals surface area (Å²) in [5.74, 6) is 1.33. The summed E-state index contributed by atoms with van der Waals surface area (Å²) < 4.78 is 6.16. The summed E-state index contributed by atoms with van der Waals surface area (Å²) in [5.41, 5.74) is 7.05. The number of benzene rings is 2. The van der Waals surface area contributed by atoms with Gasteiger partial charge in [0, 0.05) is 27.3 Å². The van der Waals surface area contributed by atoms with Gasteiger partial charge in [-0.25, -0.2) is 0 Å². The molecule has 0 aliphatic rings. The second kappa shape index (κ2) is 7.51. The van der Waals surface area contributed by atoms with Gasteiger partial charge in [0.1, 0.15) is 5.75 Å². The highest BCUT2D eigenvalue weighted by Gasteiger charge is 2.19. The van der Waals surface area contributed by atoms with Gasteiger partial charge >= 0.3 is 0 Å². The number of methoxy groups -OCH3 is 1. The third kappa shape index (κ3) is 4.83. The van der Waals surface area contributed by atoms with Crippen molar-refractivity contribution in [1.82, 2.24) is 0 Å². The van der Waals surface area contributed by atoms with Crippen LogP contribution in [-0.2, 0) is 0 Å². The lowest BCUT2D eigenvalue weighted by atomic mass is 10.0. The zero-order valence-electron chi connectivity index (χ0n) is 13.4. The Hall–Kier alpha value is -1.30. The minimum Gasteiger partial charge on any atom is -0.496 e. The third-order valence-electron chi connectivity index (χ3n) is 3.13. The van der Waals surface area contributed by atoms with E-state index in [0.717, 1.165) is 9.37 Å². The maximum atomic E-state index is 12.9. The zero-order chi connectivity index (χ0) is 17.0. The molecule has 0 unspecified atom stereocenters. The molecule has 0 radical (unpaired) electrons. The van der Waals surface area contributed by atoms with E-state index in [1.165, 1.54) is 0 Å². The van der Waals surface area contributed by atoms with Crippen LogP contribution >= 0.6 is 27.7 Å². The molecule has 0 bridgehead atoms. The molecule has 2 N–H and O–H groups in total. The largest absolute Gasteiger partial charge is 0.496 e. The van der Waals surface area contributed by atoms with Crippen LogP contribution in [0.3, 0.4) is 0 Å². The summed E-state index contributed by atoms with van der Waals surface area (Å²) in [6.07, 6.45) is 0. The number of nitrogens with two attached hydrogens (primary N) is 1. The summed E-state index contributed by atoms with van der Waals surface area (Å²) in [7, 11) is 1.59. The van der Waals surface area contributed by atoms with E-state index in [4.69, 9.17) is 10.5 Å². The summed E-state index contributed by atoms with van der Waals surface area (Å²) in [6, 6.07) is 13.0. The van der Waals surface area contributed by atoms with Gasteiger partial charge in [-0.15, -0.1) is 11.8 Å². The number of carbonyl (C=O) groups is 1. The summed E-state index contributed by atoms with van der Waals surface area (Å²) in [6.45, 7) is 3.94. The van der Waals surface area contributed by atoms with Crippen molar-refractivity contribution in [2.24, 2.45) is 5.73 Å². The number of ketones is 1. The van der Waals surface area contributed by atoms with Crippen molar-refractivity contribution in [3.63, 3.8) is 0 Å². The van der Waals surface area contributed by atoms with E-state index in [-0.39, 0.29) is 11.3 Å². The van der Waals surface area contributed by atoms with Crippen LogP contribution in [0, 0.1) is 0 Å². The number of thioether (sulfide) groups is 1. The van der Waals surface area contributed by atoms with Gasteiger partial charge < -0.3 is 10.5 Å². The van der Waals surface area contributed by atoms with Crippen molar-refractivity contribution in [3.05, 3.63) is 58.1 Å². The topological polar surface area (TPSA) is 52.3 Å². The standard InChI is InChI=1S/C18H20BrNO2S/c1-18(2,20)11-23-16-10-14(19)15(22-3)9-13(16)17(21)12-7-5-4-6-8-12/h4-10H,11,20H2,1-3H3. The monoisotopic (exact) mass is 393 g/mol. The summed E-state index contributed by atoms with van der Waals surface area (Å²) >= 11 is 5.07. The smallest absolute Gasteiger partial charge is 0.194 e. The molecule has 0 fully saturated rings. The predicted octanol–water partition coefficient (Wildman–Crippen LogP) is 4.52.